The maximum Gasteiger partial charge on any atom is 0.342 e. The van der Waals surface area contributed by atoms with Gasteiger partial charge in [-0.1, -0.05) is 0 Å². The first-order chi connectivity index (χ1) is 12.6. The summed E-state index contributed by atoms with van der Waals surface area (Å²) in [6.07, 6.45) is 0. The topological polar surface area (TPSA) is 155 Å². The number of carbonyl (C=O) groups excluding carboxylic acids is 1. The van der Waals surface area contributed by atoms with Crippen molar-refractivity contribution in [3.05, 3.63) is 60.1 Å². The Kier molecular flexibility index (Phi) is 5.24. The second-order valence-corrected chi connectivity index (χ2v) is 5.51. The Labute approximate surface area is 151 Å². The number of aliphatic hydroxyl groups is 1. The van der Waals surface area contributed by atoms with Crippen LogP contribution in [0.5, 0.6) is 0 Å². The van der Waals surface area contributed by atoms with E-state index < -0.39 is 44.1 Å². The maximum absolute atomic E-state index is 12.3. The van der Waals surface area contributed by atoms with Gasteiger partial charge >= 0.3 is 5.97 Å². The number of non-ortho nitro benzene ring substituents is 2. The second kappa shape index (κ2) is 7.23. The van der Waals surface area contributed by atoms with Crippen molar-refractivity contribution in [2.45, 2.75) is 13.8 Å². The summed E-state index contributed by atoms with van der Waals surface area (Å²) >= 11 is 0. The Hall–Kier alpha value is -3.76. The van der Waals surface area contributed by atoms with E-state index in [4.69, 9.17) is 4.74 Å². The number of nitro benzene ring substituents is 2. The zero-order chi connectivity index (χ0) is 20.5. The third kappa shape index (κ3) is 3.47. The van der Waals surface area contributed by atoms with Crippen LogP contribution in [-0.4, -0.2) is 32.1 Å². The summed E-state index contributed by atoms with van der Waals surface area (Å²) in [6, 6.07) is 2.69. The molecule has 2 rings (SSSR count). The van der Waals surface area contributed by atoms with Crippen LogP contribution < -0.4 is 5.56 Å². The molecule has 0 fully saturated rings. The van der Waals surface area contributed by atoms with Crippen molar-refractivity contribution >= 4 is 33.8 Å². The van der Waals surface area contributed by atoms with Gasteiger partial charge < -0.3 is 14.4 Å². The van der Waals surface area contributed by atoms with Crippen molar-refractivity contribution in [1.29, 1.82) is 0 Å². The number of hydrogen-bond acceptors (Lipinski definition) is 8. The monoisotopic (exact) mass is 377 g/mol. The van der Waals surface area contributed by atoms with Gasteiger partial charge in [-0.15, -0.1) is 0 Å². The number of hydrogen-bond donors (Lipinski definition) is 1. The Morgan fingerprint density at radius 1 is 1.22 bits per heavy atom. The Bertz CT molecular complexity index is 1060. The number of aliphatic hydroxyl groups excluding tert-OH is 1. The summed E-state index contributed by atoms with van der Waals surface area (Å²) in [5.41, 5.74) is -2.83. The third-order valence-electron chi connectivity index (χ3n) is 3.82. The van der Waals surface area contributed by atoms with Gasteiger partial charge in [0.1, 0.15) is 16.8 Å². The molecule has 0 saturated heterocycles. The molecule has 1 N–H and O–H groups in total. The van der Waals surface area contributed by atoms with E-state index in [1.54, 1.807) is 0 Å². The molecular weight excluding hydrogens is 362 g/mol. The molecule has 0 amide bonds. The fraction of sp³-hybridized carbons (Fsp3) is 0.250. The molecule has 0 bridgehead atoms. The molecule has 1 aromatic heterocycles. The fourth-order valence-corrected chi connectivity index (χ4v) is 2.68. The second-order valence-electron chi connectivity index (χ2n) is 5.51. The van der Waals surface area contributed by atoms with Crippen LogP contribution in [-0.2, 0) is 16.6 Å². The van der Waals surface area contributed by atoms with Gasteiger partial charge in [0.2, 0.25) is 0 Å². The number of pyridine rings is 1. The first kappa shape index (κ1) is 19.6. The Morgan fingerprint density at radius 2 is 1.85 bits per heavy atom. The molecule has 0 spiro atoms. The molecule has 0 atom stereocenters. The normalized spacial score (nSPS) is 11.8. The van der Waals surface area contributed by atoms with E-state index in [1.165, 1.54) is 20.9 Å². The van der Waals surface area contributed by atoms with E-state index in [2.05, 4.69) is 0 Å². The minimum Gasteiger partial charge on any atom is -0.512 e. The van der Waals surface area contributed by atoms with E-state index in [1.807, 2.05) is 0 Å². The van der Waals surface area contributed by atoms with Crippen molar-refractivity contribution < 1.29 is 24.5 Å². The quantitative estimate of drug-likeness (QED) is 0.273. The average molecular weight is 377 g/mol. The van der Waals surface area contributed by atoms with Crippen LogP contribution in [0.4, 0.5) is 11.4 Å². The molecule has 0 aliphatic heterocycles. The molecule has 142 valence electrons. The largest absolute Gasteiger partial charge is 0.512 e. The number of nitro groups is 2. The lowest BCUT2D eigenvalue weighted by molar-refractivity contribution is -0.393. The number of rotatable bonds is 5. The summed E-state index contributed by atoms with van der Waals surface area (Å²) in [4.78, 5) is 45.5. The summed E-state index contributed by atoms with van der Waals surface area (Å²) in [6.45, 7) is 2.67. The molecule has 0 aliphatic rings. The van der Waals surface area contributed by atoms with E-state index >= 15 is 0 Å². The summed E-state index contributed by atoms with van der Waals surface area (Å²) < 4.78 is 5.80. The number of allylic oxidation sites excluding steroid dienone is 1. The highest BCUT2D eigenvalue weighted by molar-refractivity contribution is 6.21. The zero-order valence-electron chi connectivity index (χ0n) is 14.6. The van der Waals surface area contributed by atoms with Crippen molar-refractivity contribution in [2.24, 2.45) is 7.05 Å². The SMILES string of the molecule is CCOC(=O)/C(=C(/C)O)c1cc(=O)n(C)c2c([N+](=O)[O-])cc([N+](=O)[O-])cc12. The van der Waals surface area contributed by atoms with E-state index in [0.717, 1.165) is 22.8 Å². The van der Waals surface area contributed by atoms with Crippen LogP contribution in [0.15, 0.2) is 28.8 Å². The fourth-order valence-electron chi connectivity index (χ4n) is 2.68. The first-order valence-corrected chi connectivity index (χ1v) is 7.64. The van der Waals surface area contributed by atoms with E-state index in [-0.39, 0.29) is 23.1 Å². The number of aromatic nitrogens is 1. The molecule has 11 nitrogen and oxygen atoms in total. The molecule has 0 radical (unpaired) electrons. The van der Waals surface area contributed by atoms with E-state index in [9.17, 15) is 34.9 Å². The Morgan fingerprint density at radius 3 is 2.33 bits per heavy atom. The van der Waals surface area contributed by atoms with Gasteiger partial charge in [0.15, 0.2) is 0 Å². The van der Waals surface area contributed by atoms with Crippen LogP contribution >= 0.6 is 0 Å². The lowest BCUT2D eigenvalue weighted by Crippen LogP contribution is -2.20. The number of carbonyl (C=O) groups is 1. The molecule has 2 aromatic rings. The van der Waals surface area contributed by atoms with Crippen molar-refractivity contribution in [3.63, 3.8) is 0 Å². The van der Waals surface area contributed by atoms with Crippen LogP contribution in [0.25, 0.3) is 16.5 Å². The molecule has 0 aliphatic carbocycles. The van der Waals surface area contributed by atoms with Gasteiger partial charge in [-0.2, -0.15) is 0 Å². The smallest absolute Gasteiger partial charge is 0.342 e. The minimum absolute atomic E-state index is 0.0291. The summed E-state index contributed by atoms with van der Waals surface area (Å²) in [7, 11) is 1.26. The zero-order valence-corrected chi connectivity index (χ0v) is 14.6. The van der Waals surface area contributed by atoms with Gasteiger partial charge in [-0.3, -0.25) is 25.0 Å². The van der Waals surface area contributed by atoms with Crippen LogP contribution in [0.1, 0.15) is 19.4 Å². The first-order valence-electron chi connectivity index (χ1n) is 7.64. The maximum atomic E-state index is 12.3. The van der Waals surface area contributed by atoms with Gasteiger partial charge in [0.25, 0.3) is 16.9 Å². The molecule has 0 saturated carbocycles. The van der Waals surface area contributed by atoms with Gasteiger partial charge in [0.05, 0.1) is 22.5 Å². The number of benzene rings is 1. The highest BCUT2D eigenvalue weighted by atomic mass is 16.6. The van der Waals surface area contributed by atoms with Crippen molar-refractivity contribution in [3.8, 4) is 0 Å². The number of nitrogens with zero attached hydrogens (tertiary/aromatic N) is 3. The summed E-state index contributed by atoms with van der Waals surface area (Å²) in [5.74, 6) is -1.47. The van der Waals surface area contributed by atoms with E-state index in [0.29, 0.717) is 0 Å². The number of esters is 1. The number of ether oxygens (including phenoxy) is 1. The molecule has 27 heavy (non-hydrogen) atoms. The highest BCUT2D eigenvalue weighted by Crippen LogP contribution is 2.35. The van der Waals surface area contributed by atoms with Crippen molar-refractivity contribution in [1.82, 2.24) is 4.57 Å². The summed E-state index contributed by atoms with van der Waals surface area (Å²) in [5, 5.41) is 32.4. The van der Waals surface area contributed by atoms with Gasteiger partial charge in [0, 0.05) is 30.1 Å². The minimum atomic E-state index is -0.971. The number of aryl methyl sites for hydroxylation is 1. The lowest BCUT2D eigenvalue weighted by Gasteiger charge is -2.13. The van der Waals surface area contributed by atoms with Crippen LogP contribution in [0.2, 0.25) is 0 Å². The average Bonchev–Trinajstić information content (AvgIpc) is 2.58. The lowest BCUT2D eigenvalue weighted by atomic mass is 9.98. The predicted octanol–water partition coefficient (Wildman–Crippen LogP) is 2.21. The van der Waals surface area contributed by atoms with Gasteiger partial charge in [-0.25, -0.2) is 4.79 Å². The molecule has 11 heteroatoms. The molecule has 0 unspecified atom stereocenters. The predicted molar refractivity (Wildman–Crippen MR) is 94.4 cm³/mol. The standard InChI is InChI=1S/C16H15N3O8/c1-4-27-16(22)14(8(2)20)10-7-13(21)17(3)15-11(10)5-9(18(23)24)6-12(15)19(25)26/h5-7,20H,4H2,1-3H3/b14-8-. The van der Waals surface area contributed by atoms with Gasteiger partial charge in [-0.05, 0) is 13.8 Å². The van der Waals surface area contributed by atoms with Crippen molar-refractivity contribution in [2.75, 3.05) is 6.61 Å². The highest BCUT2D eigenvalue weighted by Gasteiger charge is 2.27. The van der Waals surface area contributed by atoms with Crippen LogP contribution in [0.3, 0.4) is 0 Å². The third-order valence-corrected chi connectivity index (χ3v) is 3.82. The molecular formula is C16H15N3O8. The Balaban J connectivity index is 3.09. The molecule has 1 heterocycles. The van der Waals surface area contributed by atoms with Crippen LogP contribution in [0, 0.1) is 20.2 Å². The molecule has 1 aromatic carbocycles. The number of fused-ring (bicyclic) bond motifs is 1.